The quantitative estimate of drug-likeness (QED) is 0.566. The molecule has 2 aliphatic rings. The van der Waals surface area contributed by atoms with Crippen molar-refractivity contribution in [2.75, 3.05) is 36.9 Å². The Bertz CT molecular complexity index is 1040. The number of hydrogen-bond acceptors (Lipinski definition) is 7. The van der Waals surface area contributed by atoms with Gasteiger partial charge in [-0.3, -0.25) is 9.58 Å². The van der Waals surface area contributed by atoms with Gasteiger partial charge in [-0.1, -0.05) is 15.9 Å². The van der Waals surface area contributed by atoms with Crippen molar-refractivity contribution in [2.45, 2.75) is 37.8 Å². The molecule has 1 saturated heterocycles. The third-order valence-corrected chi connectivity index (χ3v) is 6.70. The number of nitrogens with one attached hydrogen (secondary N) is 2. The molecule has 0 radical (unpaired) electrons. The SMILES string of the molecule is Cn1ccc(Nc2nc(N[C@H]3CC[C@H](N4CCOCC4)CC3)c3cc(Br)ccc3n2)n1. The summed E-state index contributed by atoms with van der Waals surface area (Å²) in [7, 11) is 1.89. The zero-order chi connectivity index (χ0) is 21.2. The average molecular weight is 486 g/mol. The Hall–Kier alpha value is -2.23. The van der Waals surface area contributed by atoms with Crippen LogP contribution in [-0.4, -0.2) is 63.0 Å². The number of fused-ring (bicyclic) bond motifs is 1. The maximum atomic E-state index is 5.51. The van der Waals surface area contributed by atoms with Crippen LogP contribution in [0.15, 0.2) is 34.9 Å². The smallest absolute Gasteiger partial charge is 0.230 e. The van der Waals surface area contributed by atoms with Crippen LogP contribution in [0.4, 0.5) is 17.6 Å². The van der Waals surface area contributed by atoms with E-state index in [0.29, 0.717) is 18.0 Å². The van der Waals surface area contributed by atoms with Crippen LogP contribution in [-0.2, 0) is 11.8 Å². The second kappa shape index (κ2) is 9.10. The Labute approximate surface area is 190 Å². The molecule has 0 bridgehead atoms. The summed E-state index contributed by atoms with van der Waals surface area (Å²) in [6.07, 6.45) is 6.61. The normalized spacial score (nSPS) is 22.5. The van der Waals surface area contributed by atoms with E-state index in [9.17, 15) is 0 Å². The first kappa shape index (κ1) is 20.7. The highest BCUT2D eigenvalue weighted by Gasteiger charge is 2.27. The molecule has 1 aromatic carbocycles. The number of aromatic nitrogens is 4. The van der Waals surface area contributed by atoms with Gasteiger partial charge in [-0.2, -0.15) is 10.1 Å². The zero-order valence-corrected chi connectivity index (χ0v) is 19.3. The van der Waals surface area contributed by atoms with E-state index in [-0.39, 0.29) is 0 Å². The lowest BCUT2D eigenvalue weighted by Crippen LogP contribution is -2.46. The third kappa shape index (κ3) is 4.83. The van der Waals surface area contributed by atoms with Gasteiger partial charge in [0.2, 0.25) is 5.95 Å². The Morgan fingerprint density at radius 1 is 1.06 bits per heavy atom. The van der Waals surface area contributed by atoms with Crippen molar-refractivity contribution in [1.29, 1.82) is 0 Å². The van der Waals surface area contributed by atoms with Crippen LogP contribution in [0, 0.1) is 0 Å². The van der Waals surface area contributed by atoms with Crippen molar-refractivity contribution in [3.8, 4) is 0 Å². The van der Waals surface area contributed by atoms with E-state index >= 15 is 0 Å². The molecule has 0 spiro atoms. The molecule has 31 heavy (non-hydrogen) atoms. The molecule has 2 fully saturated rings. The first-order valence-electron chi connectivity index (χ1n) is 11.0. The topological polar surface area (TPSA) is 80.1 Å². The second-order valence-corrected chi connectivity index (χ2v) is 9.27. The van der Waals surface area contributed by atoms with E-state index < -0.39 is 0 Å². The molecular weight excluding hydrogens is 458 g/mol. The van der Waals surface area contributed by atoms with Crippen molar-refractivity contribution in [2.24, 2.45) is 7.05 Å². The summed E-state index contributed by atoms with van der Waals surface area (Å²) >= 11 is 3.59. The Balaban J connectivity index is 1.33. The minimum Gasteiger partial charge on any atom is -0.379 e. The van der Waals surface area contributed by atoms with Crippen molar-refractivity contribution >= 4 is 44.4 Å². The molecule has 2 N–H and O–H groups in total. The zero-order valence-electron chi connectivity index (χ0n) is 17.7. The molecule has 0 amide bonds. The molecule has 0 unspecified atom stereocenters. The van der Waals surface area contributed by atoms with E-state index in [2.05, 4.69) is 42.6 Å². The standard InChI is InChI=1S/C22H28BrN7O/c1-29-9-8-20(28-29)26-22-25-19-7-2-15(23)14-18(19)21(27-22)24-16-3-5-17(6-4-16)30-10-12-31-13-11-30/h2,7-9,14,16-17H,3-6,10-13H2,1H3,(H2,24,25,26,27,28)/t16-,17-. The fraction of sp³-hybridized carbons (Fsp3) is 0.500. The Kier molecular flexibility index (Phi) is 6.06. The number of anilines is 3. The first-order chi connectivity index (χ1) is 15.1. The largest absolute Gasteiger partial charge is 0.379 e. The van der Waals surface area contributed by atoms with Crippen LogP contribution in [0.2, 0.25) is 0 Å². The van der Waals surface area contributed by atoms with Gasteiger partial charge in [0.05, 0.1) is 18.7 Å². The molecule has 8 nitrogen and oxygen atoms in total. The van der Waals surface area contributed by atoms with Crippen molar-refractivity contribution in [3.63, 3.8) is 0 Å². The third-order valence-electron chi connectivity index (χ3n) is 6.21. The fourth-order valence-corrected chi connectivity index (χ4v) is 4.95. The molecule has 3 aromatic rings. The van der Waals surface area contributed by atoms with E-state index in [1.54, 1.807) is 4.68 Å². The lowest BCUT2D eigenvalue weighted by Gasteiger charge is -2.39. The number of halogens is 1. The van der Waals surface area contributed by atoms with Gasteiger partial charge >= 0.3 is 0 Å². The number of morpholine rings is 1. The summed E-state index contributed by atoms with van der Waals surface area (Å²) in [5.41, 5.74) is 0.904. The summed E-state index contributed by atoms with van der Waals surface area (Å²) in [4.78, 5) is 12.1. The van der Waals surface area contributed by atoms with Gasteiger partial charge in [0.1, 0.15) is 5.82 Å². The van der Waals surface area contributed by atoms with Gasteiger partial charge in [-0.25, -0.2) is 4.98 Å². The van der Waals surface area contributed by atoms with Gasteiger partial charge in [0.25, 0.3) is 0 Å². The highest BCUT2D eigenvalue weighted by atomic mass is 79.9. The number of benzene rings is 1. The molecular formula is C22H28BrN7O. The number of aryl methyl sites for hydroxylation is 1. The summed E-state index contributed by atoms with van der Waals surface area (Å²) in [6, 6.07) is 9.12. The maximum absolute atomic E-state index is 5.51. The van der Waals surface area contributed by atoms with Crippen LogP contribution < -0.4 is 10.6 Å². The van der Waals surface area contributed by atoms with E-state index in [1.165, 1.54) is 12.8 Å². The monoisotopic (exact) mass is 485 g/mol. The molecule has 3 heterocycles. The molecule has 1 aliphatic heterocycles. The van der Waals surface area contributed by atoms with E-state index in [1.807, 2.05) is 31.4 Å². The van der Waals surface area contributed by atoms with Crippen LogP contribution >= 0.6 is 15.9 Å². The van der Waals surface area contributed by atoms with Crippen molar-refractivity contribution < 1.29 is 4.74 Å². The lowest BCUT2D eigenvalue weighted by molar-refractivity contribution is 0.00791. The summed E-state index contributed by atoms with van der Waals surface area (Å²) in [5, 5.41) is 12.4. The second-order valence-electron chi connectivity index (χ2n) is 8.36. The lowest BCUT2D eigenvalue weighted by atomic mass is 9.90. The molecule has 9 heteroatoms. The summed E-state index contributed by atoms with van der Waals surface area (Å²) in [6.45, 7) is 3.86. The maximum Gasteiger partial charge on any atom is 0.230 e. The van der Waals surface area contributed by atoms with E-state index in [4.69, 9.17) is 14.7 Å². The molecule has 1 aliphatic carbocycles. The molecule has 2 aromatic heterocycles. The predicted molar refractivity (Wildman–Crippen MR) is 126 cm³/mol. The molecule has 164 valence electrons. The predicted octanol–water partition coefficient (Wildman–Crippen LogP) is 3.92. The summed E-state index contributed by atoms with van der Waals surface area (Å²) < 4.78 is 8.29. The highest BCUT2D eigenvalue weighted by molar-refractivity contribution is 9.10. The van der Waals surface area contributed by atoms with Gasteiger partial charge in [0, 0.05) is 54.3 Å². The highest BCUT2D eigenvalue weighted by Crippen LogP contribution is 2.30. The van der Waals surface area contributed by atoms with Crippen LogP contribution in [0.25, 0.3) is 10.9 Å². The van der Waals surface area contributed by atoms with Crippen LogP contribution in [0.3, 0.4) is 0 Å². The first-order valence-corrected chi connectivity index (χ1v) is 11.8. The van der Waals surface area contributed by atoms with Crippen molar-refractivity contribution in [3.05, 3.63) is 34.9 Å². The summed E-state index contributed by atoms with van der Waals surface area (Å²) in [5.74, 6) is 2.16. The number of hydrogen-bond donors (Lipinski definition) is 2. The minimum atomic E-state index is 0.414. The Morgan fingerprint density at radius 3 is 2.61 bits per heavy atom. The molecule has 0 atom stereocenters. The number of rotatable bonds is 5. The van der Waals surface area contributed by atoms with Gasteiger partial charge < -0.3 is 15.4 Å². The molecule has 5 rings (SSSR count). The van der Waals surface area contributed by atoms with Crippen LogP contribution in [0.1, 0.15) is 25.7 Å². The number of nitrogens with zero attached hydrogens (tertiary/aromatic N) is 5. The fourth-order valence-electron chi connectivity index (χ4n) is 4.58. The number of ether oxygens (including phenoxy) is 1. The average Bonchev–Trinajstić information content (AvgIpc) is 3.20. The van der Waals surface area contributed by atoms with Crippen molar-refractivity contribution in [1.82, 2.24) is 24.6 Å². The minimum absolute atomic E-state index is 0.414. The van der Waals surface area contributed by atoms with Gasteiger partial charge in [0.15, 0.2) is 5.82 Å². The van der Waals surface area contributed by atoms with E-state index in [0.717, 1.165) is 66.2 Å². The van der Waals surface area contributed by atoms with Gasteiger partial charge in [-0.15, -0.1) is 0 Å². The molecule has 1 saturated carbocycles. The van der Waals surface area contributed by atoms with Crippen LogP contribution in [0.5, 0.6) is 0 Å². The Morgan fingerprint density at radius 2 is 1.87 bits per heavy atom. The van der Waals surface area contributed by atoms with Gasteiger partial charge in [-0.05, 0) is 43.9 Å².